The van der Waals surface area contributed by atoms with E-state index in [1.54, 1.807) is 6.92 Å². The number of nitrogens with zero attached hydrogens (tertiary/aromatic N) is 2. The predicted octanol–water partition coefficient (Wildman–Crippen LogP) is 1.29. The van der Waals surface area contributed by atoms with Gasteiger partial charge in [0.1, 0.15) is 0 Å². The lowest BCUT2D eigenvalue weighted by Crippen LogP contribution is -2.21. The summed E-state index contributed by atoms with van der Waals surface area (Å²) in [4.78, 5) is 0. The summed E-state index contributed by atoms with van der Waals surface area (Å²) >= 11 is 0. The van der Waals surface area contributed by atoms with Crippen molar-refractivity contribution < 1.29 is 18.3 Å². The SMILES string of the molecule is CCOc1cc(C=NN=C(N)N)ccc1OC(F)F. The summed E-state index contributed by atoms with van der Waals surface area (Å²) in [6, 6.07) is 4.37. The molecule has 1 rings (SSSR count). The smallest absolute Gasteiger partial charge is 0.387 e. The minimum absolute atomic E-state index is 0.0455. The second kappa shape index (κ2) is 7.14. The van der Waals surface area contributed by atoms with E-state index < -0.39 is 6.61 Å². The number of hydrogen-bond acceptors (Lipinski definition) is 4. The number of hydrogen-bond donors (Lipinski definition) is 2. The molecule has 4 N–H and O–H groups in total. The van der Waals surface area contributed by atoms with Crippen LogP contribution in [0.25, 0.3) is 0 Å². The van der Waals surface area contributed by atoms with E-state index in [1.165, 1.54) is 24.4 Å². The Morgan fingerprint density at radius 3 is 2.68 bits per heavy atom. The number of guanidine groups is 1. The first-order valence-corrected chi connectivity index (χ1v) is 5.36. The van der Waals surface area contributed by atoms with E-state index in [1.807, 2.05) is 0 Å². The van der Waals surface area contributed by atoms with E-state index in [9.17, 15) is 8.78 Å². The molecule has 0 aliphatic carbocycles. The molecule has 0 bridgehead atoms. The predicted molar refractivity (Wildman–Crippen MR) is 67.6 cm³/mol. The van der Waals surface area contributed by atoms with E-state index in [4.69, 9.17) is 16.2 Å². The molecule has 0 saturated carbocycles. The third-order valence-electron chi connectivity index (χ3n) is 1.86. The van der Waals surface area contributed by atoms with E-state index in [-0.39, 0.29) is 17.5 Å². The molecule has 19 heavy (non-hydrogen) atoms. The quantitative estimate of drug-likeness (QED) is 0.463. The zero-order valence-electron chi connectivity index (χ0n) is 10.2. The van der Waals surface area contributed by atoms with E-state index in [0.29, 0.717) is 12.2 Å². The van der Waals surface area contributed by atoms with Crippen molar-refractivity contribution in [2.45, 2.75) is 13.5 Å². The van der Waals surface area contributed by atoms with Gasteiger partial charge in [0.25, 0.3) is 0 Å². The summed E-state index contributed by atoms with van der Waals surface area (Å²) in [5.41, 5.74) is 10.8. The van der Waals surface area contributed by atoms with Crippen LogP contribution in [0.1, 0.15) is 12.5 Å². The summed E-state index contributed by atoms with van der Waals surface area (Å²) in [6.07, 6.45) is 1.36. The first-order valence-electron chi connectivity index (χ1n) is 5.36. The van der Waals surface area contributed by atoms with Gasteiger partial charge in [-0.1, -0.05) is 0 Å². The van der Waals surface area contributed by atoms with Gasteiger partial charge >= 0.3 is 6.61 Å². The van der Waals surface area contributed by atoms with Gasteiger partial charge in [-0.05, 0) is 30.7 Å². The molecule has 0 aliphatic heterocycles. The Morgan fingerprint density at radius 1 is 1.37 bits per heavy atom. The molecule has 0 saturated heterocycles. The molecule has 0 amide bonds. The number of benzene rings is 1. The van der Waals surface area contributed by atoms with Gasteiger partial charge in [-0.2, -0.15) is 13.9 Å². The minimum atomic E-state index is -2.92. The highest BCUT2D eigenvalue weighted by Crippen LogP contribution is 2.29. The number of halogens is 2. The van der Waals surface area contributed by atoms with Crippen LogP contribution in [-0.2, 0) is 0 Å². The zero-order chi connectivity index (χ0) is 14.3. The fourth-order valence-electron chi connectivity index (χ4n) is 1.23. The van der Waals surface area contributed by atoms with Crippen molar-refractivity contribution >= 4 is 12.2 Å². The molecule has 0 radical (unpaired) electrons. The fraction of sp³-hybridized carbons (Fsp3) is 0.273. The second-order valence-electron chi connectivity index (χ2n) is 3.29. The van der Waals surface area contributed by atoms with Gasteiger partial charge in [0, 0.05) is 0 Å². The molecular weight excluding hydrogens is 258 g/mol. The molecule has 0 spiro atoms. The summed E-state index contributed by atoms with van der Waals surface area (Å²) in [5, 5.41) is 7.02. The van der Waals surface area contributed by atoms with Crippen LogP contribution in [0.15, 0.2) is 28.4 Å². The Hall–Kier alpha value is -2.38. The topological polar surface area (TPSA) is 95.2 Å². The molecule has 1 aromatic rings. The molecule has 0 atom stereocenters. The van der Waals surface area contributed by atoms with Crippen molar-refractivity contribution in [3.63, 3.8) is 0 Å². The Morgan fingerprint density at radius 2 is 2.11 bits per heavy atom. The van der Waals surface area contributed by atoms with Crippen molar-refractivity contribution in [1.29, 1.82) is 0 Å². The zero-order valence-corrected chi connectivity index (χ0v) is 10.2. The van der Waals surface area contributed by atoms with Gasteiger partial charge in [-0.15, -0.1) is 5.10 Å². The molecule has 0 heterocycles. The molecule has 0 aliphatic rings. The van der Waals surface area contributed by atoms with Crippen molar-refractivity contribution in [2.24, 2.45) is 21.7 Å². The van der Waals surface area contributed by atoms with Crippen LogP contribution in [0.4, 0.5) is 8.78 Å². The van der Waals surface area contributed by atoms with Gasteiger partial charge in [-0.3, -0.25) is 0 Å². The van der Waals surface area contributed by atoms with Crippen LogP contribution < -0.4 is 20.9 Å². The lowest BCUT2D eigenvalue weighted by atomic mass is 10.2. The standard InChI is InChI=1S/C11H14F2N4O2/c1-2-18-9-5-7(6-16-17-11(14)15)3-4-8(9)19-10(12)13/h3-6,10H,2H2,1H3,(H4,14,15,17). The maximum Gasteiger partial charge on any atom is 0.387 e. The number of ether oxygens (including phenoxy) is 2. The average molecular weight is 272 g/mol. The van der Waals surface area contributed by atoms with Crippen LogP contribution in [0.5, 0.6) is 11.5 Å². The highest BCUT2D eigenvalue weighted by molar-refractivity contribution is 5.82. The third kappa shape index (κ3) is 5.19. The molecule has 0 aromatic heterocycles. The van der Waals surface area contributed by atoms with Gasteiger partial charge in [0.15, 0.2) is 11.5 Å². The summed E-state index contributed by atoms with van der Waals surface area (Å²) < 4.78 is 33.9. The first-order chi connectivity index (χ1) is 9.02. The van der Waals surface area contributed by atoms with Crippen LogP contribution in [0.2, 0.25) is 0 Å². The van der Waals surface area contributed by atoms with Crippen LogP contribution in [0.3, 0.4) is 0 Å². The largest absolute Gasteiger partial charge is 0.490 e. The lowest BCUT2D eigenvalue weighted by molar-refractivity contribution is -0.0514. The summed E-state index contributed by atoms with van der Waals surface area (Å²) in [7, 11) is 0. The summed E-state index contributed by atoms with van der Waals surface area (Å²) in [6.45, 7) is -0.874. The maximum absolute atomic E-state index is 12.2. The Bertz CT molecular complexity index is 474. The second-order valence-corrected chi connectivity index (χ2v) is 3.29. The lowest BCUT2D eigenvalue weighted by Gasteiger charge is -2.11. The Balaban J connectivity index is 2.95. The van der Waals surface area contributed by atoms with Gasteiger partial charge < -0.3 is 20.9 Å². The van der Waals surface area contributed by atoms with Crippen molar-refractivity contribution in [3.05, 3.63) is 23.8 Å². The van der Waals surface area contributed by atoms with Gasteiger partial charge in [-0.25, -0.2) is 0 Å². The molecular formula is C11H14F2N4O2. The Kier molecular flexibility index (Phi) is 5.52. The van der Waals surface area contributed by atoms with Crippen LogP contribution >= 0.6 is 0 Å². The normalized spacial score (nSPS) is 10.7. The van der Waals surface area contributed by atoms with Crippen molar-refractivity contribution in [2.75, 3.05) is 6.61 Å². The fourth-order valence-corrected chi connectivity index (χ4v) is 1.23. The molecule has 6 nitrogen and oxygen atoms in total. The van der Waals surface area contributed by atoms with Crippen molar-refractivity contribution in [3.8, 4) is 11.5 Å². The number of nitrogens with two attached hydrogens (primary N) is 2. The van der Waals surface area contributed by atoms with Gasteiger partial charge in [0.2, 0.25) is 5.96 Å². The van der Waals surface area contributed by atoms with E-state index in [0.717, 1.165) is 0 Å². The molecule has 0 unspecified atom stereocenters. The van der Waals surface area contributed by atoms with E-state index in [2.05, 4.69) is 14.9 Å². The first kappa shape index (κ1) is 14.7. The van der Waals surface area contributed by atoms with Gasteiger partial charge in [0.05, 0.1) is 12.8 Å². The number of rotatable bonds is 6. The van der Waals surface area contributed by atoms with E-state index >= 15 is 0 Å². The highest BCUT2D eigenvalue weighted by Gasteiger charge is 2.10. The molecule has 1 aromatic carbocycles. The minimum Gasteiger partial charge on any atom is -0.490 e. The monoisotopic (exact) mass is 272 g/mol. The summed E-state index contributed by atoms with van der Waals surface area (Å²) in [5.74, 6) is -0.0359. The van der Waals surface area contributed by atoms with Crippen LogP contribution in [-0.4, -0.2) is 25.4 Å². The molecule has 8 heteroatoms. The number of alkyl halides is 2. The average Bonchev–Trinajstić information content (AvgIpc) is 2.31. The van der Waals surface area contributed by atoms with Crippen LogP contribution in [0, 0.1) is 0 Å². The molecule has 104 valence electrons. The highest BCUT2D eigenvalue weighted by atomic mass is 19.3. The Labute approximate surface area is 108 Å². The maximum atomic E-state index is 12.2. The molecule has 0 fully saturated rings. The van der Waals surface area contributed by atoms with Crippen molar-refractivity contribution in [1.82, 2.24) is 0 Å². The third-order valence-corrected chi connectivity index (χ3v) is 1.86.